The molecule has 1 aromatic heterocycles. The van der Waals surface area contributed by atoms with E-state index in [9.17, 15) is 9.59 Å². The minimum Gasteiger partial charge on any atom is -0.461 e. The smallest absolute Gasteiger partial charge is 0.340 e. The van der Waals surface area contributed by atoms with Crippen LogP contribution in [0.2, 0.25) is 0 Å². The maximum atomic E-state index is 12.6. The van der Waals surface area contributed by atoms with Gasteiger partial charge in [0.05, 0.1) is 17.5 Å². The van der Waals surface area contributed by atoms with E-state index in [-0.39, 0.29) is 18.9 Å². The van der Waals surface area contributed by atoms with Gasteiger partial charge in [-0.05, 0) is 36.6 Å². The van der Waals surface area contributed by atoms with Gasteiger partial charge in [-0.15, -0.1) is 0 Å². The van der Waals surface area contributed by atoms with E-state index < -0.39 is 5.97 Å². The van der Waals surface area contributed by atoms with Crippen LogP contribution in [0.5, 0.6) is 0 Å². The highest BCUT2D eigenvalue weighted by atomic mass is 16.5. The highest BCUT2D eigenvalue weighted by Crippen LogP contribution is 2.27. The Bertz CT molecular complexity index is 997. The standard InChI is InChI=1S/C21H19N3O3/c25-19(24-13-4-6-15-5-1-2-9-18(15)24)10-14-27-21(26)16-7-3-8-17-20(16)23-12-11-22-17/h1-3,5,7-9,11-12H,4,6,10,13-14H2. The molecule has 0 saturated heterocycles. The first-order chi connectivity index (χ1) is 13.2. The maximum Gasteiger partial charge on any atom is 0.340 e. The summed E-state index contributed by atoms with van der Waals surface area (Å²) in [7, 11) is 0. The molecule has 0 aliphatic carbocycles. The molecule has 3 aromatic rings. The van der Waals surface area contributed by atoms with Crippen LogP contribution in [-0.4, -0.2) is 35.0 Å². The van der Waals surface area contributed by atoms with E-state index in [0.717, 1.165) is 18.5 Å². The number of fused-ring (bicyclic) bond motifs is 2. The molecule has 2 heterocycles. The molecule has 0 radical (unpaired) electrons. The number of carbonyl (C=O) groups excluding carboxylic acids is 2. The number of hydrogen-bond acceptors (Lipinski definition) is 5. The van der Waals surface area contributed by atoms with Crippen molar-refractivity contribution in [3.05, 3.63) is 66.0 Å². The van der Waals surface area contributed by atoms with E-state index in [0.29, 0.717) is 23.1 Å². The molecule has 4 rings (SSSR count). The van der Waals surface area contributed by atoms with Gasteiger partial charge < -0.3 is 9.64 Å². The Morgan fingerprint density at radius 2 is 1.89 bits per heavy atom. The summed E-state index contributed by atoms with van der Waals surface area (Å²) in [6.07, 6.45) is 5.19. The second-order valence-electron chi connectivity index (χ2n) is 6.39. The average molecular weight is 361 g/mol. The molecule has 2 aromatic carbocycles. The molecule has 1 amide bonds. The van der Waals surface area contributed by atoms with Gasteiger partial charge in [-0.2, -0.15) is 0 Å². The molecule has 6 heteroatoms. The summed E-state index contributed by atoms with van der Waals surface area (Å²) < 4.78 is 5.33. The van der Waals surface area contributed by atoms with Crippen LogP contribution in [0.15, 0.2) is 54.9 Å². The van der Waals surface area contributed by atoms with E-state index in [1.165, 1.54) is 11.8 Å². The molecule has 0 fully saturated rings. The zero-order valence-electron chi connectivity index (χ0n) is 14.8. The predicted octanol–water partition coefficient (Wildman–Crippen LogP) is 3.16. The third-order valence-electron chi connectivity index (χ3n) is 4.68. The second kappa shape index (κ2) is 7.53. The monoisotopic (exact) mass is 361 g/mol. The van der Waals surface area contributed by atoms with E-state index >= 15 is 0 Å². The Morgan fingerprint density at radius 3 is 2.81 bits per heavy atom. The molecule has 136 valence electrons. The van der Waals surface area contributed by atoms with Crippen molar-refractivity contribution in [1.29, 1.82) is 0 Å². The van der Waals surface area contributed by atoms with Crippen molar-refractivity contribution in [1.82, 2.24) is 9.97 Å². The van der Waals surface area contributed by atoms with Gasteiger partial charge in [0.25, 0.3) is 0 Å². The largest absolute Gasteiger partial charge is 0.461 e. The summed E-state index contributed by atoms with van der Waals surface area (Å²) in [6, 6.07) is 13.1. The van der Waals surface area contributed by atoms with Gasteiger partial charge in [-0.1, -0.05) is 24.3 Å². The zero-order valence-corrected chi connectivity index (χ0v) is 14.8. The van der Waals surface area contributed by atoms with Crippen molar-refractivity contribution in [2.24, 2.45) is 0 Å². The number of aryl methyl sites for hydroxylation is 1. The number of carbonyl (C=O) groups is 2. The topological polar surface area (TPSA) is 72.4 Å². The van der Waals surface area contributed by atoms with Crippen LogP contribution >= 0.6 is 0 Å². The van der Waals surface area contributed by atoms with Crippen LogP contribution in [0.1, 0.15) is 28.8 Å². The molecule has 0 atom stereocenters. The lowest BCUT2D eigenvalue weighted by atomic mass is 10.0. The number of benzene rings is 2. The molecule has 1 aliphatic heterocycles. The Hall–Kier alpha value is -3.28. The van der Waals surface area contributed by atoms with Gasteiger partial charge in [0.1, 0.15) is 12.1 Å². The Morgan fingerprint density at radius 1 is 1.04 bits per heavy atom. The summed E-state index contributed by atoms with van der Waals surface area (Å²) in [5.41, 5.74) is 3.64. The van der Waals surface area contributed by atoms with Crippen molar-refractivity contribution in [2.75, 3.05) is 18.1 Å². The average Bonchev–Trinajstić information content (AvgIpc) is 2.72. The van der Waals surface area contributed by atoms with Gasteiger partial charge >= 0.3 is 5.97 Å². The lowest BCUT2D eigenvalue weighted by Crippen LogP contribution is -2.36. The number of esters is 1. The first-order valence-corrected chi connectivity index (χ1v) is 8.99. The van der Waals surface area contributed by atoms with E-state index in [4.69, 9.17) is 4.74 Å². The zero-order chi connectivity index (χ0) is 18.6. The maximum absolute atomic E-state index is 12.6. The molecule has 0 spiro atoms. The van der Waals surface area contributed by atoms with Gasteiger partial charge in [0, 0.05) is 24.6 Å². The van der Waals surface area contributed by atoms with Crippen LogP contribution in [0.25, 0.3) is 11.0 Å². The van der Waals surface area contributed by atoms with Crippen LogP contribution in [0, 0.1) is 0 Å². The van der Waals surface area contributed by atoms with Crippen LogP contribution in [0.3, 0.4) is 0 Å². The number of nitrogens with zero attached hydrogens (tertiary/aromatic N) is 3. The van der Waals surface area contributed by atoms with Crippen LogP contribution < -0.4 is 4.90 Å². The Labute approximate surface area is 156 Å². The number of rotatable bonds is 4. The molecule has 0 bridgehead atoms. The second-order valence-corrected chi connectivity index (χ2v) is 6.39. The van der Waals surface area contributed by atoms with Gasteiger partial charge in [0.2, 0.25) is 5.91 Å². The SMILES string of the molecule is O=C(OCCC(=O)N1CCCc2ccccc21)c1cccc2nccnc12. The highest BCUT2D eigenvalue weighted by molar-refractivity contribution is 6.01. The first kappa shape index (κ1) is 17.1. The molecule has 27 heavy (non-hydrogen) atoms. The van der Waals surface area contributed by atoms with Crippen LogP contribution in [-0.2, 0) is 16.0 Å². The van der Waals surface area contributed by atoms with Crippen molar-refractivity contribution >= 4 is 28.6 Å². The molecular weight excluding hydrogens is 342 g/mol. The van der Waals surface area contributed by atoms with E-state index in [1.807, 2.05) is 18.2 Å². The fourth-order valence-corrected chi connectivity index (χ4v) is 3.39. The van der Waals surface area contributed by atoms with Crippen molar-refractivity contribution < 1.29 is 14.3 Å². The molecule has 0 N–H and O–H groups in total. The van der Waals surface area contributed by atoms with E-state index in [1.54, 1.807) is 29.3 Å². The highest BCUT2D eigenvalue weighted by Gasteiger charge is 2.22. The quantitative estimate of drug-likeness (QED) is 0.668. The van der Waals surface area contributed by atoms with Crippen molar-refractivity contribution in [3.8, 4) is 0 Å². The summed E-state index contributed by atoms with van der Waals surface area (Å²) in [6.45, 7) is 0.732. The van der Waals surface area contributed by atoms with Gasteiger partial charge in [0.15, 0.2) is 0 Å². The first-order valence-electron chi connectivity index (χ1n) is 8.99. The Balaban J connectivity index is 1.40. The van der Waals surface area contributed by atoms with Crippen molar-refractivity contribution in [3.63, 3.8) is 0 Å². The summed E-state index contributed by atoms with van der Waals surface area (Å²) in [5.74, 6) is -0.527. The van der Waals surface area contributed by atoms with Gasteiger partial charge in [-0.3, -0.25) is 14.8 Å². The number of amides is 1. The fourth-order valence-electron chi connectivity index (χ4n) is 3.39. The summed E-state index contributed by atoms with van der Waals surface area (Å²) in [5, 5.41) is 0. The van der Waals surface area contributed by atoms with E-state index in [2.05, 4.69) is 16.0 Å². The third-order valence-corrected chi connectivity index (χ3v) is 4.68. The molecule has 6 nitrogen and oxygen atoms in total. The minimum absolute atomic E-state index is 0.0346. The normalized spacial score (nSPS) is 13.3. The minimum atomic E-state index is -0.493. The number of hydrogen-bond donors (Lipinski definition) is 0. The molecular formula is C21H19N3O3. The summed E-state index contributed by atoms with van der Waals surface area (Å²) in [4.78, 5) is 35.2. The molecule has 1 aliphatic rings. The third kappa shape index (κ3) is 3.51. The molecule has 0 unspecified atom stereocenters. The lowest BCUT2D eigenvalue weighted by molar-refractivity contribution is -0.119. The Kier molecular flexibility index (Phi) is 4.78. The lowest BCUT2D eigenvalue weighted by Gasteiger charge is -2.29. The summed E-state index contributed by atoms with van der Waals surface area (Å²) >= 11 is 0. The fraction of sp³-hybridized carbons (Fsp3) is 0.238. The van der Waals surface area contributed by atoms with Crippen LogP contribution in [0.4, 0.5) is 5.69 Å². The number of ether oxygens (including phenoxy) is 1. The molecule has 0 saturated carbocycles. The number of aromatic nitrogens is 2. The predicted molar refractivity (Wildman–Crippen MR) is 102 cm³/mol. The van der Waals surface area contributed by atoms with Crippen molar-refractivity contribution in [2.45, 2.75) is 19.3 Å². The number of para-hydroxylation sites is 2. The number of anilines is 1. The van der Waals surface area contributed by atoms with Gasteiger partial charge in [-0.25, -0.2) is 4.79 Å².